The van der Waals surface area contributed by atoms with Gasteiger partial charge in [-0.1, -0.05) is 0 Å². The predicted molar refractivity (Wildman–Crippen MR) is 60.0 cm³/mol. The van der Waals surface area contributed by atoms with Crippen LogP contribution in [0.5, 0.6) is 0 Å². The molecule has 0 bridgehead atoms. The number of carboxylic acids is 1. The zero-order chi connectivity index (χ0) is 11.7. The summed E-state index contributed by atoms with van der Waals surface area (Å²) in [6.07, 6.45) is 1.65. The highest BCUT2D eigenvalue weighted by molar-refractivity contribution is 9.10. The highest BCUT2D eigenvalue weighted by Crippen LogP contribution is 2.29. The molecule has 1 atom stereocenters. The number of carbonyl (C=O) groups excluding carboxylic acids is 1. The first-order chi connectivity index (χ1) is 7.59. The van der Waals surface area contributed by atoms with Gasteiger partial charge < -0.3 is 10.0 Å². The molecule has 2 heterocycles. The standard InChI is InChI=1S/C10H9BrN2O3/c11-9-7(2-1-3-12-9)13-5-6(10(15)16)4-8(13)14/h1-3,6H,4-5H2,(H,15,16). The van der Waals surface area contributed by atoms with Crippen molar-refractivity contribution < 1.29 is 14.7 Å². The van der Waals surface area contributed by atoms with Crippen LogP contribution in [-0.4, -0.2) is 28.5 Å². The van der Waals surface area contributed by atoms with Gasteiger partial charge in [-0.25, -0.2) is 4.98 Å². The minimum absolute atomic E-state index is 0.0522. The molecule has 1 aliphatic heterocycles. The molecule has 0 aromatic carbocycles. The summed E-state index contributed by atoms with van der Waals surface area (Å²) in [5.74, 6) is -1.74. The lowest BCUT2D eigenvalue weighted by molar-refractivity contribution is -0.141. The third-order valence-corrected chi connectivity index (χ3v) is 3.12. The van der Waals surface area contributed by atoms with Gasteiger partial charge in [0, 0.05) is 19.2 Å². The second-order valence-corrected chi connectivity index (χ2v) is 4.31. The highest BCUT2D eigenvalue weighted by Gasteiger charge is 2.35. The van der Waals surface area contributed by atoms with Gasteiger partial charge in [0.05, 0.1) is 11.6 Å². The molecule has 6 heteroatoms. The maximum atomic E-state index is 11.7. The van der Waals surface area contributed by atoms with E-state index in [4.69, 9.17) is 5.11 Å². The Labute approximate surface area is 100 Å². The van der Waals surface area contributed by atoms with Crippen LogP contribution in [0.15, 0.2) is 22.9 Å². The van der Waals surface area contributed by atoms with Crippen LogP contribution in [0.4, 0.5) is 5.69 Å². The fourth-order valence-corrected chi connectivity index (χ4v) is 2.15. The summed E-state index contributed by atoms with van der Waals surface area (Å²) in [5, 5.41) is 8.86. The lowest BCUT2D eigenvalue weighted by atomic mass is 10.1. The number of hydrogen-bond acceptors (Lipinski definition) is 3. The molecule has 1 fully saturated rings. The lowest BCUT2D eigenvalue weighted by Crippen LogP contribution is -2.26. The third-order valence-electron chi connectivity index (χ3n) is 2.50. The Morgan fingerprint density at radius 2 is 2.38 bits per heavy atom. The van der Waals surface area contributed by atoms with E-state index in [2.05, 4.69) is 20.9 Å². The Balaban J connectivity index is 2.27. The number of aliphatic carboxylic acids is 1. The van der Waals surface area contributed by atoms with Crippen LogP contribution in [0, 0.1) is 5.92 Å². The van der Waals surface area contributed by atoms with E-state index in [1.165, 1.54) is 4.90 Å². The number of anilines is 1. The fourth-order valence-electron chi connectivity index (χ4n) is 1.68. The van der Waals surface area contributed by atoms with Gasteiger partial charge in [0.1, 0.15) is 4.60 Å². The van der Waals surface area contributed by atoms with E-state index in [0.29, 0.717) is 10.3 Å². The number of aromatic nitrogens is 1. The fraction of sp³-hybridized carbons (Fsp3) is 0.300. The molecule has 84 valence electrons. The van der Waals surface area contributed by atoms with Crippen LogP contribution in [0.3, 0.4) is 0 Å². The number of carbonyl (C=O) groups is 2. The number of amides is 1. The van der Waals surface area contributed by atoms with Crippen molar-refractivity contribution in [2.24, 2.45) is 5.92 Å². The summed E-state index contributed by atoms with van der Waals surface area (Å²) >= 11 is 3.24. The van der Waals surface area contributed by atoms with Crippen molar-refractivity contribution in [3.63, 3.8) is 0 Å². The molecule has 0 saturated carbocycles. The van der Waals surface area contributed by atoms with Crippen molar-refractivity contribution in [1.82, 2.24) is 4.98 Å². The summed E-state index contributed by atoms with van der Waals surface area (Å²) in [6, 6.07) is 3.45. The average Bonchev–Trinajstić information content (AvgIpc) is 2.61. The molecule has 1 N–H and O–H groups in total. The van der Waals surface area contributed by atoms with Gasteiger partial charge in [0.2, 0.25) is 5.91 Å². The van der Waals surface area contributed by atoms with E-state index in [0.717, 1.165) is 0 Å². The number of halogens is 1. The second-order valence-electron chi connectivity index (χ2n) is 3.56. The average molecular weight is 285 g/mol. The molecular formula is C10H9BrN2O3. The quantitative estimate of drug-likeness (QED) is 0.831. The van der Waals surface area contributed by atoms with E-state index in [1.807, 2.05) is 0 Å². The molecule has 5 nitrogen and oxygen atoms in total. The maximum absolute atomic E-state index is 11.7. The Kier molecular flexibility index (Phi) is 2.91. The van der Waals surface area contributed by atoms with Gasteiger partial charge in [-0.3, -0.25) is 9.59 Å². The molecule has 16 heavy (non-hydrogen) atoms. The zero-order valence-electron chi connectivity index (χ0n) is 8.26. The van der Waals surface area contributed by atoms with Crippen molar-refractivity contribution in [1.29, 1.82) is 0 Å². The summed E-state index contributed by atoms with van der Waals surface area (Å²) in [7, 11) is 0. The van der Waals surface area contributed by atoms with Gasteiger partial charge in [0.25, 0.3) is 0 Å². The van der Waals surface area contributed by atoms with Crippen LogP contribution in [0.1, 0.15) is 6.42 Å². The minimum Gasteiger partial charge on any atom is -0.481 e. The SMILES string of the molecule is O=C(O)C1CC(=O)N(c2cccnc2Br)C1. The topological polar surface area (TPSA) is 70.5 Å². The molecule has 0 radical (unpaired) electrons. The Hall–Kier alpha value is -1.43. The number of carboxylic acid groups (broad SMARTS) is 1. The molecule has 1 unspecified atom stereocenters. The van der Waals surface area contributed by atoms with Crippen LogP contribution < -0.4 is 4.90 Å². The number of hydrogen-bond donors (Lipinski definition) is 1. The largest absolute Gasteiger partial charge is 0.481 e. The molecule has 1 amide bonds. The van der Waals surface area contributed by atoms with E-state index < -0.39 is 11.9 Å². The second kappa shape index (κ2) is 4.21. The number of pyridine rings is 1. The predicted octanol–water partition coefficient (Wildman–Crippen LogP) is 1.28. The van der Waals surface area contributed by atoms with Gasteiger partial charge in [-0.15, -0.1) is 0 Å². The summed E-state index contributed by atoms with van der Waals surface area (Å²) in [6.45, 7) is 0.207. The molecule has 1 aromatic rings. The maximum Gasteiger partial charge on any atom is 0.308 e. The Morgan fingerprint density at radius 1 is 1.62 bits per heavy atom. The van der Waals surface area contributed by atoms with Crippen LogP contribution in [0.2, 0.25) is 0 Å². The van der Waals surface area contributed by atoms with Gasteiger partial charge >= 0.3 is 5.97 Å². The summed E-state index contributed by atoms with van der Waals surface area (Å²) < 4.78 is 0.550. The monoisotopic (exact) mass is 284 g/mol. The van der Waals surface area contributed by atoms with Gasteiger partial charge in [0.15, 0.2) is 0 Å². The van der Waals surface area contributed by atoms with Crippen LogP contribution >= 0.6 is 15.9 Å². The molecule has 1 aromatic heterocycles. The van der Waals surface area contributed by atoms with Crippen LogP contribution in [-0.2, 0) is 9.59 Å². The van der Waals surface area contributed by atoms with E-state index in [1.54, 1.807) is 18.3 Å². The normalized spacial score (nSPS) is 20.2. The third kappa shape index (κ3) is 1.92. The van der Waals surface area contributed by atoms with E-state index in [-0.39, 0.29) is 18.9 Å². The summed E-state index contributed by atoms with van der Waals surface area (Å²) in [4.78, 5) is 27.9. The number of nitrogens with zero attached hydrogens (tertiary/aromatic N) is 2. The van der Waals surface area contributed by atoms with Crippen LogP contribution in [0.25, 0.3) is 0 Å². The molecular weight excluding hydrogens is 276 g/mol. The summed E-state index contributed by atoms with van der Waals surface area (Å²) in [5.41, 5.74) is 0.622. The Bertz CT molecular complexity index is 449. The van der Waals surface area contributed by atoms with E-state index in [9.17, 15) is 9.59 Å². The molecule has 1 aliphatic rings. The first-order valence-electron chi connectivity index (χ1n) is 4.73. The molecule has 0 aliphatic carbocycles. The first-order valence-corrected chi connectivity index (χ1v) is 5.52. The molecule has 1 saturated heterocycles. The highest BCUT2D eigenvalue weighted by atomic mass is 79.9. The first kappa shape index (κ1) is 11.1. The lowest BCUT2D eigenvalue weighted by Gasteiger charge is -2.16. The number of rotatable bonds is 2. The van der Waals surface area contributed by atoms with Crippen molar-refractivity contribution in [3.8, 4) is 0 Å². The zero-order valence-corrected chi connectivity index (χ0v) is 9.85. The smallest absolute Gasteiger partial charge is 0.308 e. The van der Waals surface area contributed by atoms with Gasteiger partial charge in [-0.05, 0) is 28.1 Å². The van der Waals surface area contributed by atoms with Gasteiger partial charge in [-0.2, -0.15) is 0 Å². The van der Waals surface area contributed by atoms with E-state index >= 15 is 0 Å². The molecule has 0 spiro atoms. The van der Waals surface area contributed by atoms with Crippen molar-refractivity contribution in [3.05, 3.63) is 22.9 Å². The molecule has 2 rings (SSSR count). The van der Waals surface area contributed by atoms with Crippen molar-refractivity contribution in [2.75, 3.05) is 11.4 Å². The van der Waals surface area contributed by atoms with Crippen molar-refractivity contribution >= 4 is 33.5 Å². The van der Waals surface area contributed by atoms with Crippen molar-refractivity contribution in [2.45, 2.75) is 6.42 Å². The minimum atomic E-state index is -0.934. The Morgan fingerprint density at radius 3 is 2.94 bits per heavy atom.